The molecule has 0 aliphatic rings. The molecule has 2 atom stereocenters. The third kappa shape index (κ3) is 7.32. The van der Waals surface area contributed by atoms with Crippen LogP contribution in [-0.4, -0.2) is 21.8 Å². The van der Waals surface area contributed by atoms with Gasteiger partial charge in [-0.05, 0) is 29.0 Å². The Hall–Kier alpha value is -3.86. The molecule has 184 valence electrons. The van der Waals surface area contributed by atoms with E-state index in [9.17, 15) is 19.8 Å². The average Bonchev–Trinajstić information content (AvgIpc) is 2.93. The van der Waals surface area contributed by atoms with Crippen LogP contribution in [-0.2, 0) is 6.42 Å². The van der Waals surface area contributed by atoms with E-state index in [1.807, 2.05) is 48.5 Å². The zero-order valence-electron chi connectivity index (χ0n) is 20.6. The Morgan fingerprint density at radius 1 is 0.583 bits per heavy atom. The van der Waals surface area contributed by atoms with Gasteiger partial charge in [-0.2, -0.15) is 0 Å². The summed E-state index contributed by atoms with van der Waals surface area (Å²) in [4.78, 5) is 24.4. The number of Topliss-reactive ketones (excluding diaryl/α,β-unsaturated/α-hetero) is 2. The van der Waals surface area contributed by atoms with Crippen molar-refractivity contribution in [3.05, 3.63) is 143 Å². The van der Waals surface area contributed by atoms with E-state index in [1.165, 1.54) is 0 Å². The van der Waals surface area contributed by atoms with Crippen molar-refractivity contribution in [2.75, 3.05) is 0 Å². The van der Waals surface area contributed by atoms with Crippen LogP contribution in [0, 0.1) is 5.92 Å². The zero-order chi connectivity index (χ0) is 25.9. The monoisotopic (exact) mass is 480 g/mol. The second-order valence-corrected chi connectivity index (χ2v) is 8.98. The number of hydrogen-bond acceptors (Lipinski definition) is 4. The van der Waals surface area contributed by atoms with Crippen molar-refractivity contribution >= 4 is 11.6 Å². The zero-order valence-corrected chi connectivity index (χ0v) is 20.6. The summed E-state index contributed by atoms with van der Waals surface area (Å²) < 4.78 is 0. The van der Waals surface area contributed by atoms with E-state index in [0.717, 1.165) is 12.0 Å². The second-order valence-electron chi connectivity index (χ2n) is 8.98. The third-order valence-electron chi connectivity index (χ3n) is 5.70. The number of hydrogen-bond donors (Lipinski definition) is 2. The summed E-state index contributed by atoms with van der Waals surface area (Å²) in [5, 5.41) is 20.1. The molecule has 2 unspecified atom stereocenters. The molecule has 0 amide bonds. The number of aliphatic hydroxyl groups is 2. The lowest BCUT2D eigenvalue weighted by atomic mass is 9.92. The molecule has 0 fully saturated rings. The second kappa shape index (κ2) is 13.3. The predicted octanol–water partition coefficient (Wildman–Crippen LogP) is 6.40. The molecule has 0 aromatic heterocycles. The molecule has 4 aromatic carbocycles. The van der Waals surface area contributed by atoms with Gasteiger partial charge < -0.3 is 10.2 Å². The van der Waals surface area contributed by atoms with Gasteiger partial charge in [0.05, 0.1) is 0 Å². The van der Waals surface area contributed by atoms with E-state index >= 15 is 0 Å². The van der Waals surface area contributed by atoms with Gasteiger partial charge >= 0.3 is 0 Å². The first-order chi connectivity index (χ1) is 17.4. The lowest BCUT2D eigenvalue weighted by molar-refractivity contribution is 0.0743. The highest BCUT2D eigenvalue weighted by molar-refractivity contribution is 6.01. The van der Waals surface area contributed by atoms with Crippen LogP contribution < -0.4 is 0 Å². The van der Waals surface area contributed by atoms with Gasteiger partial charge in [0, 0.05) is 11.1 Å². The summed E-state index contributed by atoms with van der Waals surface area (Å²) in [5.41, 5.74) is 3.41. The highest BCUT2D eigenvalue weighted by Gasteiger charge is 2.21. The van der Waals surface area contributed by atoms with Gasteiger partial charge in [0.15, 0.2) is 11.6 Å². The fourth-order valence-corrected chi connectivity index (χ4v) is 3.86. The average molecular weight is 481 g/mol. The fourth-order valence-electron chi connectivity index (χ4n) is 3.86. The van der Waals surface area contributed by atoms with Crippen LogP contribution in [0.1, 0.15) is 63.5 Å². The SMILES string of the molecule is CC(C)Cc1ccccc1C(=O)C(O)c1ccccc1.O=C(c1ccccc1)C(O)c1ccccc1. The van der Waals surface area contributed by atoms with Crippen LogP contribution in [0.5, 0.6) is 0 Å². The Balaban J connectivity index is 0.000000205. The molecular weight excluding hydrogens is 448 g/mol. The molecular formula is C32H32O4. The number of ketones is 2. The van der Waals surface area contributed by atoms with Crippen molar-refractivity contribution in [2.45, 2.75) is 32.5 Å². The third-order valence-corrected chi connectivity index (χ3v) is 5.70. The van der Waals surface area contributed by atoms with Crippen LogP contribution in [0.4, 0.5) is 0 Å². The van der Waals surface area contributed by atoms with Crippen molar-refractivity contribution in [3.63, 3.8) is 0 Å². The maximum atomic E-state index is 12.5. The van der Waals surface area contributed by atoms with Crippen LogP contribution in [0.15, 0.2) is 115 Å². The molecule has 2 N–H and O–H groups in total. The van der Waals surface area contributed by atoms with E-state index in [-0.39, 0.29) is 11.6 Å². The van der Waals surface area contributed by atoms with Gasteiger partial charge in [0.1, 0.15) is 12.2 Å². The summed E-state index contributed by atoms with van der Waals surface area (Å²) in [6, 6.07) is 34.3. The fraction of sp³-hybridized carbons (Fsp3) is 0.188. The Kier molecular flexibility index (Phi) is 9.87. The Bertz CT molecular complexity index is 1230. The first kappa shape index (κ1) is 26.7. The van der Waals surface area contributed by atoms with Gasteiger partial charge in [0.2, 0.25) is 0 Å². The lowest BCUT2D eigenvalue weighted by Gasteiger charge is -2.14. The van der Waals surface area contributed by atoms with Crippen LogP contribution in [0.3, 0.4) is 0 Å². The molecule has 0 radical (unpaired) electrons. The predicted molar refractivity (Wildman–Crippen MR) is 143 cm³/mol. The normalized spacial score (nSPS) is 12.2. The molecule has 4 heteroatoms. The van der Waals surface area contributed by atoms with Crippen LogP contribution in [0.2, 0.25) is 0 Å². The number of aliphatic hydroxyl groups excluding tert-OH is 2. The van der Waals surface area contributed by atoms with E-state index in [4.69, 9.17) is 0 Å². The topological polar surface area (TPSA) is 74.6 Å². The summed E-state index contributed by atoms with van der Waals surface area (Å²) in [6.45, 7) is 4.24. The summed E-state index contributed by atoms with van der Waals surface area (Å²) in [6.07, 6.45) is -1.34. The van der Waals surface area contributed by atoms with Gasteiger partial charge in [-0.25, -0.2) is 0 Å². The van der Waals surface area contributed by atoms with Gasteiger partial charge in [0.25, 0.3) is 0 Å². The van der Waals surface area contributed by atoms with E-state index < -0.39 is 12.2 Å². The van der Waals surface area contributed by atoms with Crippen molar-refractivity contribution < 1.29 is 19.8 Å². The van der Waals surface area contributed by atoms with Crippen molar-refractivity contribution in [3.8, 4) is 0 Å². The van der Waals surface area contributed by atoms with E-state index in [0.29, 0.717) is 28.2 Å². The van der Waals surface area contributed by atoms with Crippen molar-refractivity contribution in [1.82, 2.24) is 0 Å². The van der Waals surface area contributed by atoms with Crippen molar-refractivity contribution in [1.29, 1.82) is 0 Å². The molecule has 0 bridgehead atoms. The first-order valence-corrected chi connectivity index (χ1v) is 12.1. The van der Waals surface area contributed by atoms with Crippen LogP contribution in [0.25, 0.3) is 0 Å². The standard InChI is InChI=1S/C18H20O2.C14H12O2/c1-13(2)12-15-10-6-7-11-16(15)18(20)17(19)14-8-4-3-5-9-14;15-13(11-7-3-1-4-8-11)14(16)12-9-5-2-6-10-12/h3-11,13,17,19H,12H2,1-2H3;1-10,13,15H. The Morgan fingerprint density at radius 3 is 1.50 bits per heavy atom. The molecule has 0 aliphatic carbocycles. The quantitative estimate of drug-likeness (QED) is 0.286. The maximum Gasteiger partial charge on any atom is 0.196 e. The first-order valence-electron chi connectivity index (χ1n) is 12.1. The highest BCUT2D eigenvalue weighted by atomic mass is 16.3. The largest absolute Gasteiger partial charge is 0.380 e. The van der Waals surface area contributed by atoms with Gasteiger partial charge in [-0.3, -0.25) is 9.59 Å². The van der Waals surface area contributed by atoms with Gasteiger partial charge in [-0.15, -0.1) is 0 Å². The molecule has 0 heterocycles. The molecule has 0 spiro atoms. The number of carbonyl (C=O) groups excluding carboxylic acids is 2. The molecule has 4 rings (SSSR count). The molecule has 0 saturated heterocycles. The van der Waals surface area contributed by atoms with Crippen LogP contribution >= 0.6 is 0 Å². The minimum Gasteiger partial charge on any atom is -0.380 e. The molecule has 4 nitrogen and oxygen atoms in total. The molecule has 36 heavy (non-hydrogen) atoms. The minimum atomic E-state index is -1.09. The number of benzene rings is 4. The minimum absolute atomic E-state index is 0.229. The lowest BCUT2D eigenvalue weighted by Crippen LogP contribution is -2.15. The number of carbonyl (C=O) groups is 2. The van der Waals surface area contributed by atoms with Crippen molar-refractivity contribution in [2.24, 2.45) is 5.92 Å². The molecule has 4 aromatic rings. The summed E-state index contributed by atoms with van der Waals surface area (Å²) >= 11 is 0. The highest BCUT2D eigenvalue weighted by Crippen LogP contribution is 2.22. The molecule has 0 aliphatic heterocycles. The molecule has 0 saturated carbocycles. The smallest absolute Gasteiger partial charge is 0.196 e. The number of rotatable bonds is 8. The van der Waals surface area contributed by atoms with E-state index in [1.54, 1.807) is 66.7 Å². The Morgan fingerprint density at radius 2 is 1.00 bits per heavy atom. The maximum absolute atomic E-state index is 12.5. The Labute approximate surface area is 212 Å². The summed E-state index contributed by atoms with van der Waals surface area (Å²) in [7, 11) is 0. The summed E-state index contributed by atoms with van der Waals surface area (Å²) in [5.74, 6) is -0.0305. The van der Waals surface area contributed by atoms with Gasteiger partial charge in [-0.1, -0.05) is 129 Å². The van der Waals surface area contributed by atoms with E-state index in [2.05, 4.69) is 13.8 Å².